The zero-order chi connectivity index (χ0) is 19.2. The number of benzene rings is 1. The number of nitrogens with zero attached hydrogens (tertiary/aromatic N) is 6. The summed E-state index contributed by atoms with van der Waals surface area (Å²) in [5, 5.41) is 13.3. The van der Waals surface area contributed by atoms with Crippen LogP contribution in [0.4, 0.5) is 5.69 Å². The van der Waals surface area contributed by atoms with Crippen LogP contribution in [0.1, 0.15) is 17.5 Å². The number of carbonyl (C=O) groups excluding carboxylic acids is 1. The molecule has 0 aliphatic rings. The van der Waals surface area contributed by atoms with Crippen LogP contribution in [0.15, 0.2) is 48.9 Å². The van der Waals surface area contributed by atoms with Crippen molar-refractivity contribution in [3.05, 3.63) is 60.0 Å². The summed E-state index contributed by atoms with van der Waals surface area (Å²) >= 11 is 0. The van der Waals surface area contributed by atoms with E-state index in [-0.39, 0.29) is 18.9 Å². The molecular formula is C20H20N6O. The van der Waals surface area contributed by atoms with E-state index in [1.54, 1.807) is 11.1 Å². The molecule has 27 heavy (non-hydrogen) atoms. The van der Waals surface area contributed by atoms with Crippen LogP contribution in [0.3, 0.4) is 0 Å². The maximum Gasteiger partial charge on any atom is 0.248 e. The van der Waals surface area contributed by atoms with Gasteiger partial charge in [0.05, 0.1) is 12.5 Å². The van der Waals surface area contributed by atoms with Gasteiger partial charge in [0.2, 0.25) is 5.91 Å². The number of nitriles is 1. The number of aryl methyl sites for hydroxylation is 2. The van der Waals surface area contributed by atoms with Crippen molar-refractivity contribution in [2.45, 2.75) is 26.8 Å². The van der Waals surface area contributed by atoms with Crippen molar-refractivity contribution < 1.29 is 4.79 Å². The maximum absolute atomic E-state index is 12.9. The van der Waals surface area contributed by atoms with Crippen LogP contribution in [0.2, 0.25) is 0 Å². The predicted octanol–water partition coefficient (Wildman–Crippen LogP) is 2.90. The average Bonchev–Trinajstić information content (AvgIpc) is 3.10. The van der Waals surface area contributed by atoms with Crippen LogP contribution in [-0.4, -0.2) is 32.2 Å². The Hall–Kier alpha value is -3.53. The Kier molecular flexibility index (Phi) is 5.57. The number of amides is 1. The van der Waals surface area contributed by atoms with Crippen LogP contribution >= 0.6 is 0 Å². The Morgan fingerprint density at radius 2 is 1.96 bits per heavy atom. The highest BCUT2D eigenvalue weighted by atomic mass is 16.2. The molecule has 0 fully saturated rings. The Labute approximate surface area is 157 Å². The molecule has 2 aromatic heterocycles. The number of anilines is 1. The van der Waals surface area contributed by atoms with Crippen LogP contribution < -0.4 is 4.90 Å². The van der Waals surface area contributed by atoms with Gasteiger partial charge < -0.3 is 4.90 Å². The van der Waals surface area contributed by atoms with Gasteiger partial charge in [-0.1, -0.05) is 12.1 Å². The topological polar surface area (TPSA) is 87.7 Å². The first kappa shape index (κ1) is 18.3. The maximum atomic E-state index is 12.9. The van der Waals surface area contributed by atoms with Gasteiger partial charge in [0.1, 0.15) is 18.6 Å². The van der Waals surface area contributed by atoms with Crippen molar-refractivity contribution in [3.8, 4) is 17.6 Å². The minimum absolute atomic E-state index is 0.0399. The number of rotatable bonds is 6. The normalized spacial score (nSPS) is 10.4. The van der Waals surface area contributed by atoms with Crippen LogP contribution in [0, 0.1) is 25.2 Å². The zero-order valence-corrected chi connectivity index (χ0v) is 15.3. The molecular weight excluding hydrogens is 340 g/mol. The highest BCUT2D eigenvalue weighted by Gasteiger charge is 2.18. The van der Waals surface area contributed by atoms with Gasteiger partial charge in [0.25, 0.3) is 0 Å². The van der Waals surface area contributed by atoms with Crippen LogP contribution in [0.5, 0.6) is 0 Å². The van der Waals surface area contributed by atoms with Crippen molar-refractivity contribution in [2.24, 2.45) is 0 Å². The van der Waals surface area contributed by atoms with Crippen molar-refractivity contribution in [1.82, 2.24) is 19.7 Å². The van der Waals surface area contributed by atoms with Crippen molar-refractivity contribution in [2.75, 3.05) is 11.4 Å². The van der Waals surface area contributed by atoms with Gasteiger partial charge in [0, 0.05) is 18.4 Å². The van der Waals surface area contributed by atoms with Gasteiger partial charge in [-0.05, 0) is 49.2 Å². The molecule has 0 atom stereocenters. The van der Waals surface area contributed by atoms with Crippen molar-refractivity contribution in [3.63, 3.8) is 0 Å². The summed E-state index contributed by atoms with van der Waals surface area (Å²) in [5.74, 6) is 0.325. The third kappa shape index (κ3) is 4.55. The van der Waals surface area contributed by atoms with E-state index in [0.29, 0.717) is 18.1 Å². The van der Waals surface area contributed by atoms with E-state index in [0.717, 1.165) is 16.8 Å². The summed E-state index contributed by atoms with van der Waals surface area (Å²) in [5.41, 5.74) is 3.58. The van der Waals surface area contributed by atoms with Gasteiger partial charge >= 0.3 is 0 Å². The lowest BCUT2D eigenvalue weighted by Crippen LogP contribution is -2.35. The number of hydrogen-bond acceptors (Lipinski definition) is 5. The highest BCUT2D eigenvalue weighted by molar-refractivity contribution is 5.93. The SMILES string of the molecule is Cc1cc(C)cc(N(CCC#N)C(=O)Cn2cnc(-c3ccccn3)n2)c1. The van der Waals surface area contributed by atoms with Crippen LogP contribution in [0.25, 0.3) is 11.5 Å². The lowest BCUT2D eigenvalue weighted by Gasteiger charge is -2.22. The third-order valence-electron chi connectivity index (χ3n) is 3.99. The molecule has 0 saturated carbocycles. The molecule has 0 aliphatic carbocycles. The van der Waals surface area contributed by atoms with Gasteiger partial charge in [-0.3, -0.25) is 9.78 Å². The largest absolute Gasteiger partial charge is 0.310 e. The predicted molar refractivity (Wildman–Crippen MR) is 102 cm³/mol. The molecule has 7 nitrogen and oxygen atoms in total. The first-order chi connectivity index (χ1) is 13.1. The monoisotopic (exact) mass is 360 g/mol. The van der Waals surface area contributed by atoms with Gasteiger partial charge in [-0.25, -0.2) is 9.67 Å². The Balaban J connectivity index is 1.81. The minimum Gasteiger partial charge on any atom is -0.310 e. The van der Waals surface area contributed by atoms with E-state index in [9.17, 15) is 4.79 Å². The molecule has 0 bridgehead atoms. The standard InChI is InChI=1S/C20H20N6O/c1-15-10-16(2)12-17(11-15)26(9-5-7-21)19(27)13-25-14-23-20(24-25)18-6-3-4-8-22-18/h3-4,6,8,10-12,14H,5,9,13H2,1-2H3. The van der Waals surface area contributed by atoms with Crippen LogP contribution in [-0.2, 0) is 11.3 Å². The lowest BCUT2D eigenvalue weighted by atomic mass is 10.1. The Morgan fingerprint density at radius 3 is 2.63 bits per heavy atom. The first-order valence-electron chi connectivity index (χ1n) is 8.63. The molecule has 2 heterocycles. The van der Waals surface area contributed by atoms with Crippen molar-refractivity contribution >= 4 is 11.6 Å². The number of hydrogen-bond donors (Lipinski definition) is 0. The van der Waals surface area contributed by atoms with Gasteiger partial charge in [-0.15, -0.1) is 5.10 Å². The fourth-order valence-corrected chi connectivity index (χ4v) is 2.87. The molecule has 0 spiro atoms. The molecule has 7 heteroatoms. The summed E-state index contributed by atoms with van der Waals surface area (Å²) in [4.78, 5) is 23.0. The van der Waals surface area contributed by atoms with E-state index >= 15 is 0 Å². The first-order valence-corrected chi connectivity index (χ1v) is 8.63. The van der Waals surface area contributed by atoms with Crippen molar-refractivity contribution in [1.29, 1.82) is 5.26 Å². The second-order valence-electron chi connectivity index (χ2n) is 6.28. The number of pyridine rings is 1. The molecule has 0 unspecified atom stereocenters. The summed E-state index contributed by atoms with van der Waals surface area (Å²) in [6.45, 7) is 4.35. The molecule has 0 radical (unpaired) electrons. The molecule has 1 aromatic carbocycles. The smallest absolute Gasteiger partial charge is 0.248 e. The average molecular weight is 360 g/mol. The zero-order valence-electron chi connectivity index (χ0n) is 15.3. The minimum atomic E-state index is -0.146. The fourth-order valence-electron chi connectivity index (χ4n) is 2.87. The van der Waals surface area contributed by atoms with E-state index in [1.807, 2.05) is 50.2 Å². The Morgan fingerprint density at radius 1 is 1.19 bits per heavy atom. The second-order valence-corrected chi connectivity index (χ2v) is 6.28. The molecule has 0 N–H and O–H groups in total. The molecule has 136 valence electrons. The molecule has 3 aromatic rings. The van der Waals surface area contributed by atoms with Gasteiger partial charge in [0.15, 0.2) is 5.82 Å². The molecule has 0 aliphatic heterocycles. The molecule has 0 saturated heterocycles. The molecule has 3 rings (SSSR count). The van der Waals surface area contributed by atoms with E-state index < -0.39 is 0 Å². The van der Waals surface area contributed by atoms with E-state index in [4.69, 9.17) is 5.26 Å². The highest BCUT2D eigenvalue weighted by Crippen LogP contribution is 2.20. The number of aromatic nitrogens is 4. The lowest BCUT2D eigenvalue weighted by molar-refractivity contribution is -0.119. The third-order valence-corrected chi connectivity index (χ3v) is 3.99. The van der Waals surface area contributed by atoms with E-state index in [1.165, 1.54) is 11.0 Å². The fraction of sp³-hybridized carbons (Fsp3) is 0.250. The summed E-state index contributed by atoms with van der Waals surface area (Å²) in [7, 11) is 0. The van der Waals surface area contributed by atoms with E-state index in [2.05, 4.69) is 21.1 Å². The second kappa shape index (κ2) is 8.23. The molecule has 1 amide bonds. The quantitative estimate of drug-likeness (QED) is 0.674. The Bertz CT molecular complexity index is 953. The summed E-state index contributed by atoms with van der Waals surface area (Å²) in [6, 6.07) is 13.5. The summed E-state index contributed by atoms with van der Waals surface area (Å²) < 4.78 is 1.49. The van der Waals surface area contributed by atoms with Gasteiger partial charge in [-0.2, -0.15) is 5.26 Å². The number of carbonyl (C=O) groups is 1. The summed E-state index contributed by atoms with van der Waals surface area (Å²) in [6.07, 6.45) is 3.45.